The second kappa shape index (κ2) is 6.98. The molecule has 2 aromatic rings. The summed E-state index contributed by atoms with van der Waals surface area (Å²) >= 11 is 0. The first-order valence-electron chi connectivity index (χ1n) is 7.02. The molecule has 4 heteroatoms. The summed E-state index contributed by atoms with van der Waals surface area (Å²) in [6.45, 7) is 3.91. The summed E-state index contributed by atoms with van der Waals surface area (Å²) in [6, 6.07) is 11.1. The Hall–Kier alpha value is -2.49. The Labute approximate surface area is 130 Å². The van der Waals surface area contributed by atoms with Gasteiger partial charge in [-0.25, -0.2) is 0 Å². The largest absolute Gasteiger partial charge is 0.496 e. The van der Waals surface area contributed by atoms with Gasteiger partial charge in [-0.2, -0.15) is 0 Å². The normalized spacial score (nSPS) is 10.2. The molecule has 4 nitrogen and oxygen atoms in total. The third-order valence-corrected chi connectivity index (χ3v) is 3.36. The van der Waals surface area contributed by atoms with Gasteiger partial charge in [0.15, 0.2) is 11.5 Å². The molecule has 0 radical (unpaired) electrons. The fraction of sp³-hybridized carbons (Fsp3) is 0.278. The van der Waals surface area contributed by atoms with Crippen molar-refractivity contribution in [1.82, 2.24) is 0 Å². The van der Waals surface area contributed by atoms with Crippen LogP contribution in [0.25, 0.3) is 0 Å². The first-order valence-corrected chi connectivity index (χ1v) is 7.02. The van der Waals surface area contributed by atoms with E-state index in [-0.39, 0.29) is 12.4 Å². The van der Waals surface area contributed by atoms with E-state index in [9.17, 15) is 4.79 Å². The SMILES string of the molecule is COc1cc(CC(=O)Oc2ccc(C)cc2OC)ccc1C. The summed E-state index contributed by atoms with van der Waals surface area (Å²) in [5.41, 5.74) is 2.92. The number of hydrogen-bond donors (Lipinski definition) is 0. The molecule has 2 aromatic carbocycles. The monoisotopic (exact) mass is 300 g/mol. The Morgan fingerprint density at radius 1 is 0.909 bits per heavy atom. The predicted molar refractivity (Wildman–Crippen MR) is 84.8 cm³/mol. The first kappa shape index (κ1) is 15.9. The topological polar surface area (TPSA) is 44.8 Å². The van der Waals surface area contributed by atoms with E-state index in [4.69, 9.17) is 14.2 Å². The van der Waals surface area contributed by atoms with E-state index < -0.39 is 0 Å². The van der Waals surface area contributed by atoms with Crippen LogP contribution in [0, 0.1) is 13.8 Å². The molecule has 0 spiro atoms. The van der Waals surface area contributed by atoms with E-state index in [0.717, 1.165) is 22.4 Å². The lowest BCUT2D eigenvalue weighted by molar-refractivity contribution is -0.133. The van der Waals surface area contributed by atoms with Gasteiger partial charge in [0, 0.05) is 0 Å². The standard InChI is InChI=1S/C18H20O4/c1-12-5-8-15(17(9-12)21-4)22-18(19)11-14-7-6-13(2)16(10-14)20-3/h5-10H,11H2,1-4H3. The molecule has 0 saturated carbocycles. The van der Waals surface area contributed by atoms with E-state index >= 15 is 0 Å². The van der Waals surface area contributed by atoms with Crippen LogP contribution in [0.3, 0.4) is 0 Å². The fourth-order valence-electron chi connectivity index (χ4n) is 2.16. The van der Waals surface area contributed by atoms with Crippen molar-refractivity contribution in [3.63, 3.8) is 0 Å². The molecule has 0 aromatic heterocycles. The smallest absolute Gasteiger partial charge is 0.315 e. The maximum absolute atomic E-state index is 12.1. The molecule has 0 N–H and O–H groups in total. The second-order valence-corrected chi connectivity index (χ2v) is 5.11. The van der Waals surface area contributed by atoms with Crippen molar-refractivity contribution >= 4 is 5.97 Å². The minimum absolute atomic E-state index is 0.174. The molecule has 0 atom stereocenters. The Morgan fingerprint density at radius 2 is 1.64 bits per heavy atom. The predicted octanol–water partition coefficient (Wildman–Crippen LogP) is 3.47. The summed E-state index contributed by atoms with van der Waals surface area (Å²) in [4.78, 5) is 12.1. The van der Waals surface area contributed by atoms with Crippen LogP contribution in [0.4, 0.5) is 0 Å². The minimum Gasteiger partial charge on any atom is -0.496 e. The average molecular weight is 300 g/mol. The van der Waals surface area contributed by atoms with E-state index in [1.54, 1.807) is 20.3 Å². The first-order chi connectivity index (χ1) is 10.5. The zero-order valence-electron chi connectivity index (χ0n) is 13.3. The molecular weight excluding hydrogens is 280 g/mol. The van der Waals surface area contributed by atoms with Crippen LogP contribution in [0.1, 0.15) is 16.7 Å². The summed E-state index contributed by atoms with van der Waals surface area (Å²) in [5, 5.41) is 0. The van der Waals surface area contributed by atoms with Crippen molar-refractivity contribution in [2.75, 3.05) is 14.2 Å². The van der Waals surface area contributed by atoms with Crippen molar-refractivity contribution in [3.8, 4) is 17.2 Å². The number of aryl methyl sites for hydroxylation is 2. The van der Waals surface area contributed by atoms with Gasteiger partial charge in [0.05, 0.1) is 20.6 Å². The number of carbonyl (C=O) groups excluding carboxylic acids is 1. The maximum Gasteiger partial charge on any atom is 0.315 e. The van der Waals surface area contributed by atoms with Crippen LogP contribution < -0.4 is 14.2 Å². The number of rotatable bonds is 5. The van der Waals surface area contributed by atoms with Crippen molar-refractivity contribution in [2.45, 2.75) is 20.3 Å². The second-order valence-electron chi connectivity index (χ2n) is 5.11. The van der Waals surface area contributed by atoms with Crippen molar-refractivity contribution < 1.29 is 19.0 Å². The lowest BCUT2D eigenvalue weighted by Gasteiger charge is -2.11. The highest BCUT2D eigenvalue weighted by atomic mass is 16.6. The van der Waals surface area contributed by atoms with Crippen LogP contribution in [-0.2, 0) is 11.2 Å². The number of hydrogen-bond acceptors (Lipinski definition) is 4. The Kier molecular flexibility index (Phi) is 5.04. The fourth-order valence-corrected chi connectivity index (χ4v) is 2.16. The molecule has 116 valence electrons. The van der Waals surface area contributed by atoms with Gasteiger partial charge in [0.25, 0.3) is 0 Å². The highest BCUT2D eigenvalue weighted by Crippen LogP contribution is 2.28. The summed E-state index contributed by atoms with van der Waals surface area (Å²) < 4.78 is 15.9. The van der Waals surface area contributed by atoms with Gasteiger partial charge < -0.3 is 14.2 Å². The van der Waals surface area contributed by atoms with Gasteiger partial charge >= 0.3 is 5.97 Å². The van der Waals surface area contributed by atoms with Crippen LogP contribution in [0.5, 0.6) is 17.2 Å². The van der Waals surface area contributed by atoms with E-state index in [1.807, 2.05) is 44.2 Å². The highest BCUT2D eigenvalue weighted by Gasteiger charge is 2.12. The number of carbonyl (C=O) groups is 1. The van der Waals surface area contributed by atoms with Gasteiger partial charge in [-0.1, -0.05) is 18.2 Å². The molecule has 0 heterocycles. The van der Waals surface area contributed by atoms with Crippen LogP contribution in [-0.4, -0.2) is 20.2 Å². The molecule has 0 amide bonds. The van der Waals surface area contributed by atoms with Gasteiger partial charge in [-0.15, -0.1) is 0 Å². The zero-order chi connectivity index (χ0) is 16.1. The summed E-state index contributed by atoms with van der Waals surface area (Å²) in [7, 11) is 3.17. The number of esters is 1. The summed E-state index contributed by atoms with van der Waals surface area (Å²) in [5.74, 6) is 1.40. The number of methoxy groups -OCH3 is 2. The van der Waals surface area contributed by atoms with E-state index in [0.29, 0.717) is 11.5 Å². The Balaban J connectivity index is 2.10. The summed E-state index contributed by atoms with van der Waals surface area (Å²) in [6.07, 6.45) is 0.174. The third kappa shape index (κ3) is 3.79. The minimum atomic E-state index is -0.340. The van der Waals surface area contributed by atoms with Gasteiger partial charge in [-0.3, -0.25) is 4.79 Å². The molecule has 2 rings (SSSR count). The highest BCUT2D eigenvalue weighted by molar-refractivity contribution is 5.76. The number of benzene rings is 2. The molecule has 0 unspecified atom stereocenters. The van der Waals surface area contributed by atoms with Crippen molar-refractivity contribution in [3.05, 3.63) is 53.1 Å². The third-order valence-electron chi connectivity index (χ3n) is 3.36. The van der Waals surface area contributed by atoms with Crippen LogP contribution in [0.2, 0.25) is 0 Å². The van der Waals surface area contributed by atoms with Gasteiger partial charge in [0.1, 0.15) is 5.75 Å². The molecule has 0 saturated heterocycles. The molecule has 0 aliphatic heterocycles. The molecular formula is C18H20O4. The average Bonchev–Trinajstić information content (AvgIpc) is 2.50. The van der Waals surface area contributed by atoms with Crippen molar-refractivity contribution in [1.29, 1.82) is 0 Å². The zero-order valence-corrected chi connectivity index (χ0v) is 13.3. The molecule has 22 heavy (non-hydrogen) atoms. The van der Waals surface area contributed by atoms with Gasteiger partial charge in [-0.05, 0) is 48.7 Å². The maximum atomic E-state index is 12.1. The molecule has 0 fully saturated rings. The molecule has 0 aliphatic carbocycles. The number of ether oxygens (including phenoxy) is 3. The Morgan fingerprint density at radius 3 is 2.32 bits per heavy atom. The van der Waals surface area contributed by atoms with Crippen LogP contribution in [0.15, 0.2) is 36.4 Å². The lowest BCUT2D eigenvalue weighted by Crippen LogP contribution is -2.12. The molecule has 0 aliphatic rings. The van der Waals surface area contributed by atoms with Crippen molar-refractivity contribution in [2.24, 2.45) is 0 Å². The van der Waals surface area contributed by atoms with E-state index in [1.165, 1.54) is 0 Å². The van der Waals surface area contributed by atoms with Crippen LogP contribution >= 0.6 is 0 Å². The lowest BCUT2D eigenvalue weighted by atomic mass is 10.1. The van der Waals surface area contributed by atoms with Gasteiger partial charge in [0.2, 0.25) is 0 Å². The Bertz CT molecular complexity index is 677. The quantitative estimate of drug-likeness (QED) is 0.626. The molecule has 0 bridgehead atoms. The van der Waals surface area contributed by atoms with E-state index in [2.05, 4.69) is 0 Å².